The topological polar surface area (TPSA) is 73.4 Å². The van der Waals surface area contributed by atoms with Crippen molar-refractivity contribution in [3.05, 3.63) is 83.1 Å². The monoisotopic (exact) mass is 452 g/mol. The number of amides is 1. The number of piperidine rings is 1. The van der Waals surface area contributed by atoms with Gasteiger partial charge in [-0.2, -0.15) is 0 Å². The average molecular weight is 452 g/mol. The van der Waals surface area contributed by atoms with Crippen molar-refractivity contribution in [1.29, 1.82) is 0 Å². The van der Waals surface area contributed by atoms with Crippen LogP contribution in [-0.2, 0) is 16.0 Å². The molecule has 2 heterocycles. The summed E-state index contributed by atoms with van der Waals surface area (Å²) in [6, 6.07) is 14.8. The summed E-state index contributed by atoms with van der Waals surface area (Å²) < 4.78 is 27.3. The number of halogens is 2. The third kappa shape index (κ3) is 4.36. The molecule has 1 aromatic heterocycles. The molecule has 0 unspecified atom stereocenters. The molecule has 162 valence electrons. The van der Waals surface area contributed by atoms with E-state index in [1.807, 2.05) is 30.3 Å². The van der Waals surface area contributed by atoms with Crippen molar-refractivity contribution < 1.29 is 23.5 Å². The van der Waals surface area contributed by atoms with Crippen molar-refractivity contribution in [3.8, 4) is 17.0 Å². The van der Waals surface area contributed by atoms with Crippen LogP contribution in [0.2, 0.25) is 0 Å². The fourth-order valence-corrected chi connectivity index (χ4v) is 3.81. The lowest BCUT2D eigenvalue weighted by molar-refractivity contribution is -0.127. The van der Waals surface area contributed by atoms with Gasteiger partial charge in [-0.3, -0.25) is 9.59 Å². The summed E-state index contributed by atoms with van der Waals surface area (Å²) in [7, 11) is 0. The minimum absolute atomic E-state index is 0.0110. The molecular formula is C24H18F2N2O3S. The lowest BCUT2D eigenvalue weighted by Gasteiger charge is -2.28. The SMILES string of the molecule is O=C1CC(=S)N(CCc2ccccc2)C(=O)/C1=C/c1ccc(-c2cc(F)c(O)c(F)c2)[nH]1. The average Bonchev–Trinajstić information content (AvgIpc) is 3.24. The van der Waals surface area contributed by atoms with Crippen molar-refractivity contribution in [1.82, 2.24) is 9.88 Å². The molecule has 0 aliphatic carbocycles. The number of aromatic hydroxyl groups is 1. The lowest BCUT2D eigenvalue weighted by atomic mass is 10.00. The highest BCUT2D eigenvalue weighted by atomic mass is 32.1. The van der Waals surface area contributed by atoms with Crippen LogP contribution in [0.4, 0.5) is 8.78 Å². The van der Waals surface area contributed by atoms with Crippen LogP contribution in [-0.4, -0.2) is 38.2 Å². The van der Waals surface area contributed by atoms with Crippen LogP contribution < -0.4 is 0 Å². The van der Waals surface area contributed by atoms with Gasteiger partial charge in [0.1, 0.15) is 0 Å². The lowest BCUT2D eigenvalue weighted by Crippen LogP contribution is -2.45. The van der Waals surface area contributed by atoms with Crippen LogP contribution in [0.5, 0.6) is 5.75 Å². The second-order valence-electron chi connectivity index (χ2n) is 7.36. The first-order valence-electron chi connectivity index (χ1n) is 9.84. The summed E-state index contributed by atoms with van der Waals surface area (Å²) in [6.45, 7) is 0.355. The summed E-state index contributed by atoms with van der Waals surface area (Å²) in [5.41, 5.74) is 1.99. The number of phenols is 1. The number of hydrogen-bond acceptors (Lipinski definition) is 4. The van der Waals surface area contributed by atoms with Gasteiger partial charge in [0.2, 0.25) is 0 Å². The molecule has 4 rings (SSSR count). The molecule has 3 aromatic rings. The van der Waals surface area contributed by atoms with Crippen molar-refractivity contribution in [3.63, 3.8) is 0 Å². The Labute approximate surface area is 188 Å². The number of ketones is 1. The number of rotatable bonds is 5. The first kappa shape index (κ1) is 21.6. The van der Waals surface area contributed by atoms with Crippen molar-refractivity contribution in [2.45, 2.75) is 12.8 Å². The number of H-pyrrole nitrogens is 1. The number of phenolic OH excluding ortho intramolecular Hbond substituents is 1. The Hall–Kier alpha value is -3.65. The molecule has 1 amide bonds. The van der Waals surface area contributed by atoms with Crippen LogP contribution in [0.25, 0.3) is 17.3 Å². The molecule has 1 fully saturated rings. The van der Waals surface area contributed by atoms with Gasteiger partial charge in [-0.25, -0.2) is 8.78 Å². The maximum atomic E-state index is 13.7. The standard InChI is InChI=1S/C24H18F2N2O3S/c25-18-10-15(11-19(26)23(18)30)20-7-6-16(27-20)12-17-21(29)13-22(32)28(24(17)31)9-8-14-4-2-1-3-5-14/h1-7,10-12,27,30H,8-9,13H2/b17-12+. The van der Waals surface area contributed by atoms with Crippen LogP contribution in [0.1, 0.15) is 17.7 Å². The van der Waals surface area contributed by atoms with E-state index in [0.29, 0.717) is 24.4 Å². The highest BCUT2D eigenvalue weighted by molar-refractivity contribution is 7.80. The highest BCUT2D eigenvalue weighted by Gasteiger charge is 2.33. The molecule has 1 aliphatic heterocycles. The number of benzene rings is 2. The molecule has 0 radical (unpaired) electrons. The zero-order valence-corrected chi connectivity index (χ0v) is 17.6. The Morgan fingerprint density at radius 3 is 2.44 bits per heavy atom. The van der Waals surface area contributed by atoms with Gasteiger partial charge in [-0.1, -0.05) is 42.5 Å². The third-order valence-corrected chi connectivity index (χ3v) is 5.56. The first-order chi connectivity index (χ1) is 15.3. The molecule has 0 spiro atoms. The number of aromatic amines is 1. The first-order valence-corrected chi connectivity index (χ1v) is 10.2. The molecule has 2 N–H and O–H groups in total. The zero-order chi connectivity index (χ0) is 22.8. The molecule has 1 aliphatic rings. The van der Waals surface area contributed by atoms with E-state index in [1.165, 1.54) is 11.0 Å². The fourth-order valence-electron chi connectivity index (χ4n) is 3.50. The molecule has 2 aromatic carbocycles. The third-order valence-electron chi connectivity index (χ3n) is 5.19. The maximum Gasteiger partial charge on any atom is 0.262 e. The Kier molecular flexibility index (Phi) is 5.96. The predicted molar refractivity (Wildman–Crippen MR) is 120 cm³/mol. The highest BCUT2D eigenvalue weighted by Crippen LogP contribution is 2.28. The minimum Gasteiger partial charge on any atom is -0.503 e. The van der Waals surface area contributed by atoms with E-state index >= 15 is 0 Å². The molecule has 32 heavy (non-hydrogen) atoms. The Morgan fingerprint density at radius 2 is 1.75 bits per heavy atom. The Balaban J connectivity index is 1.57. The normalized spacial score (nSPS) is 15.6. The predicted octanol–water partition coefficient (Wildman–Crippen LogP) is 4.42. The van der Waals surface area contributed by atoms with Gasteiger partial charge in [-0.05, 0) is 42.3 Å². The van der Waals surface area contributed by atoms with E-state index in [9.17, 15) is 23.5 Å². The molecular weight excluding hydrogens is 434 g/mol. The van der Waals surface area contributed by atoms with Gasteiger partial charge < -0.3 is 15.0 Å². The van der Waals surface area contributed by atoms with Crippen molar-refractivity contribution >= 4 is 35.0 Å². The number of nitrogens with one attached hydrogen (secondary N) is 1. The minimum atomic E-state index is -1.09. The summed E-state index contributed by atoms with van der Waals surface area (Å²) >= 11 is 5.27. The van der Waals surface area contributed by atoms with Gasteiger partial charge in [-0.15, -0.1) is 0 Å². The number of carbonyl (C=O) groups is 2. The van der Waals surface area contributed by atoms with Gasteiger partial charge in [0.25, 0.3) is 5.91 Å². The van der Waals surface area contributed by atoms with Gasteiger partial charge in [0.15, 0.2) is 23.2 Å². The van der Waals surface area contributed by atoms with Crippen molar-refractivity contribution in [2.75, 3.05) is 6.54 Å². The zero-order valence-electron chi connectivity index (χ0n) is 16.8. The quantitative estimate of drug-likeness (QED) is 0.342. The number of nitrogens with zero attached hydrogens (tertiary/aromatic N) is 1. The Bertz CT molecular complexity index is 1230. The smallest absolute Gasteiger partial charge is 0.262 e. The summed E-state index contributed by atoms with van der Waals surface area (Å²) in [4.78, 5) is 30.1. The molecule has 1 saturated heterocycles. The number of thiocarbonyl (C=S) groups is 1. The molecule has 0 atom stereocenters. The molecule has 0 bridgehead atoms. The Morgan fingerprint density at radius 1 is 1.06 bits per heavy atom. The van der Waals surface area contributed by atoms with Crippen LogP contribution in [0, 0.1) is 11.6 Å². The number of likely N-dealkylation sites (tertiary alicyclic amines) is 1. The number of hydrogen-bond donors (Lipinski definition) is 2. The van der Waals surface area contributed by atoms with Gasteiger partial charge >= 0.3 is 0 Å². The van der Waals surface area contributed by atoms with Crippen LogP contribution in [0.3, 0.4) is 0 Å². The molecule has 5 nitrogen and oxygen atoms in total. The number of aromatic nitrogens is 1. The largest absolute Gasteiger partial charge is 0.503 e. The maximum absolute atomic E-state index is 13.7. The second kappa shape index (κ2) is 8.84. The molecule has 0 saturated carbocycles. The van der Waals surface area contributed by atoms with E-state index in [4.69, 9.17) is 12.2 Å². The molecule has 8 heteroatoms. The summed E-state index contributed by atoms with van der Waals surface area (Å²) in [5, 5.41) is 9.26. The van der Waals surface area contributed by atoms with Crippen LogP contribution in [0.15, 0.2) is 60.2 Å². The van der Waals surface area contributed by atoms with Crippen LogP contribution >= 0.6 is 12.2 Å². The van der Waals surface area contributed by atoms with Gasteiger partial charge in [0.05, 0.1) is 17.0 Å². The second-order valence-corrected chi connectivity index (χ2v) is 7.83. The summed E-state index contributed by atoms with van der Waals surface area (Å²) in [6.07, 6.45) is 1.97. The van der Waals surface area contributed by atoms with E-state index in [1.54, 1.807) is 12.1 Å². The van der Waals surface area contributed by atoms with E-state index in [0.717, 1.165) is 17.7 Å². The summed E-state index contributed by atoms with van der Waals surface area (Å²) in [5.74, 6) is -4.08. The van der Waals surface area contributed by atoms with E-state index < -0.39 is 23.3 Å². The fraction of sp³-hybridized carbons (Fsp3) is 0.125. The number of Topliss-reactive ketones (excluding diaryl/α,β-unsaturated/α-hetero) is 1. The van der Waals surface area contributed by atoms with Crippen molar-refractivity contribution in [2.24, 2.45) is 0 Å². The van der Waals surface area contributed by atoms with E-state index in [2.05, 4.69) is 4.98 Å². The van der Waals surface area contributed by atoms with E-state index in [-0.39, 0.29) is 28.3 Å². The number of carbonyl (C=O) groups excluding carboxylic acids is 2. The van der Waals surface area contributed by atoms with Gasteiger partial charge in [0, 0.05) is 23.5 Å².